The third kappa shape index (κ3) is 5.37. The summed E-state index contributed by atoms with van der Waals surface area (Å²) in [5, 5.41) is 0. The first-order chi connectivity index (χ1) is 12.6. The lowest BCUT2D eigenvalue weighted by Gasteiger charge is -2.24. The molecule has 0 fully saturated rings. The van der Waals surface area contributed by atoms with E-state index in [4.69, 9.17) is 4.74 Å². The molecule has 0 spiro atoms. The van der Waals surface area contributed by atoms with Gasteiger partial charge >= 0.3 is 5.97 Å². The number of hydrogen-bond acceptors (Lipinski definition) is 5. The van der Waals surface area contributed by atoms with Crippen LogP contribution >= 0.6 is 0 Å². The Morgan fingerprint density at radius 3 is 2.26 bits per heavy atom. The van der Waals surface area contributed by atoms with Crippen LogP contribution in [-0.2, 0) is 19.6 Å². The molecule has 0 aromatic heterocycles. The lowest BCUT2D eigenvalue weighted by Crippen LogP contribution is -2.38. The van der Waals surface area contributed by atoms with Crippen LogP contribution in [0.1, 0.15) is 22.8 Å². The maximum absolute atomic E-state index is 13.0. The molecule has 8 heteroatoms. The lowest BCUT2D eigenvalue weighted by atomic mass is 10.1. The van der Waals surface area contributed by atoms with Gasteiger partial charge < -0.3 is 4.74 Å². The fraction of sp³-hybridized carbons (Fsp3) is 0.263. The van der Waals surface area contributed by atoms with E-state index in [1.807, 2.05) is 0 Å². The van der Waals surface area contributed by atoms with Gasteiger partial charge in [0.1, 0.15) is 12.4 Å². The summed E-state index contributed by atoms with van der Waals surface area (Å²) in [5.41, 5.74) is 1.22. The highest BCUT2D eigenvalue weighted by atomic mass is 32.2. The van der Waals surface area contributed by atoms with Crippen molar-refractivity contribution in [1.29, 1.82) is 0 Å². The van der Waals surface area contributed by atoms with E-state index in [0.717, 1.165) is 22.7 Å². The van der Waals surface area contributed by atoms with Crippen molar-refractivity contribution < 1.29 is 27.1 Å². The number of ketones is 1. The highest BCUT2D eigenvalue weighted by molar-refractivity contribution is 7.92. The zero-order valence-corrected chi connectivity index (χ0v) is 16.0. The van der Waals surface area contributed by atoms with E-state index < -0.39 is 40.2 Å². The van der Waals surface area contributed by atoms with Crippen molar-refractivity contribution in [2.75, 3.05) is 17.1 Å². The average molecular weight is 393 g/mol. The van der Waals surface area contributed by atoms with Gasteiger partial charge in [0.2, 0.25) is 15.8 Å². The number of carbonyl (C=O) groups is 2. The summed E-state index contributed by atoms with van der Waals surface area (Å²) in [4.78, 5) is 24.5. The summed E-state index contributed by atoms with van der Waals surface area (Å²) in [6, 6.07) is 11.6. The average Bonchev–Trinajstić information content (AvgIpc) is 2.59. The molecular weight excluding hydrogens is 373 g/mol. The van der Waals surface area contributed by atoms with Crippen molar-refractivity contribution in [3.63, 3.8) is 0 Å². The molecule has 6 nitrogen and oxygen atoms in total. The van der Waals surface area contributed by atoms with Crippen LogP contribution in [0.4, 0.5) is 10.1 Å². The molecule has 0 amide bonds. The monoisotopic (exact) mass is 393 g/mol. The van der Waals surface area contributed by atoms with Crippen LogP contribution in [0.2, 0.25) is 0 Å². The maximum atomic E-state index is 13.0. The molecule has 0 heterocycles. The number of nitrogens with zero attached hydrogens (tertiary/aromatic N) is 1. The van der Waals surface area contributed by atoms with Crippen LogP contribution in [0, 0.1) is 12.7 Å². The van der Waals surface area contributed by atoms with Gasteiger partial charge in [0, 0.05) is 5.56 Å². The van der Waals surface area contributed by atoms with Crippen LogP contribution in [0.5, 0.6) is 0 Å². The Bertz CT molecular complexity index is 941. The predicted octanol–water partition coefficient (Wildman–Crippen LogP) is 2.71. The van der Waals surface area contributed by atoms with E-state index in [-0.39, 0.29) is 5.56 Å². The molecule has 27 heavy (non-hydrogen) atoms. The number of aryl methyl sites for hydroxylation is 1. The third-order valence-electron chi connectivity index (χ3n) is 3.86. The zero-order chi connectivity index (χ0) is 20.2. The Morgan fingerprint density at radius 1 is 1.11 bits per heavy atom. The van der Waals surface area contributed by atoms with Gasteiger partial charge in [-0.2, -0.15) is 0 Å². The first-order valence-electron chi connectivity index (χ1n) is 8.12. The number of anilines is 1. The van der Waals surface area contributed by atoms with Crippen molar-refractivity contribution >= 4 is 27.5 Å². The van der Waals surface area contributed by atoms with Crippen LogP contribution in [0.15, 0.2) is 48.5 Å². The van der Waals surface area contributed by atoms with Crippen molar-refractivity contribution in [2.45, 2.75) is 20.0 Å². The Kier molecular flexibility index (Phi) is 6.32. The molecule has 2 aromatic carbocycles. The van der Waals surface area contributed by atoms with E-state index in [9.17, 15) is 22.4 Å². The second-order valence-electron chi connectivity index (χ2n) is 6.06. The van der Waals surface area contributed by atoms with Gasteiger partial charge in [-0.3, -0.25) is 13.9 Å². The summed E-state index contributed by atoms with van der Waals surface area (Å²) < 4.78 is 43.2. The second-order valence-corrected chi connectivity index (χ2v) is 7.97. The fourth-order valence-electron chi connectivity index (χ4n) is 2.48. The van der Waals surface area contributed by atoms with Gasteiger partial charge in [-0.15, -0.1) is 0 Å². The number of esters is 1. The van der Waals surface area contributed by atoms with E-state index in [1.165, 1.54) is 19.1 Å². The maximum Gasteiger partial charge on any atom is 0.327 e. The molecule has 0 saturated heterocycles. The summed E-state index contributed by atoms with van der Waals surface area (Å²) >= 11 is 0. The van der Waals surface area contributed by atoms with Crippen LogP contribution < -0.4 is 4.31 Å². The Hall–Kier alpha value is -2.74. The van der Waals surface area contributed by atoms with Gasteiger partial charge in [0.05, 0.1) is 11.9 Å². The van der Waals surface area contributed by atoms with E-state index in [2.05, 4.69) is 0 Å². The molecule has 0 unspecified atom stereocenters. The second kappa shape index (κ2) is 8.30. The Labute approximate surface area is 157 Å². The molecule has 144 valence electrons. The predicted molar refractivity (Wildman–Crippen MR) is 99.7 cm³/mol. The molecule has 0 N–H and O–H groups in total. The Balaban J connectivity index is 2.13. The normalized spacial score (nSPS) is 12.3. The third-order valence-corrected chi connectivity index (χ3v) is 4.99. The van der Waals surface area contributed by atoms with E-state index in [1.54, 1.807) is 31.2 Å². The zero-order valence-electron chi connectivity index (χ0n) is 15.2. The van der Waals surface area contributed by atoms with Crippen LogP contribution in [0.25, 0.3) is 0 Å². The van der Waals surface area contributed by atoms with Gasteiger partial charge in [0.25, 0.3) is 0 Å². The number of rotatable bonds is 7. The molecule has 0 saturated carbocycles. The molecule has 0 bridgehead atoms. The molecule has 0 radical (unpaired) electrons. The number of hydrogen-bond donors (Lipinski definition) is 0. The number of benzene rings is 2. The topological polar surface area (TPSA) is 80.8 Å². The van der Waals surface area contributed by atoms with E-state index >= 15 is 0 Å². The van der Waals surface area contributed by atoms with Crippen LogP contribution in [0.3, 0.4) is 0 Å². The molecule has 1 atom stereocenters. The largest absolute Gasteiger partial charge is 0.453 e. The highest BCUT2D eigenvalue weighted by Crippen LogP contribution is 2.22. The van der Waals surface area contributed by atoms with Crippen molar-refractivity contribution in [1.82, 2.24) is 0 Å². The minimum atomic E-state index is -3.74. The van der Waals surface area contributed by atoms with Crippen molar-refractivity contribution in [2.24, 2.45) is 0 Å². The molecular formula is C19H20FNO5S. The van der Waals surface area contributed by atoms with Gasteiger partial charge in [0.15, 0.2) is 6.10 Å². The standard InChI is InChI=1S/C19H20FNO5S/c1-13-6-4-5-7-17(13)21(27(3,24)25)12-18(22)26-14(2)19(23)15-8-10-16(20)11-9-15/h4-11,14H,12H2,1-3H3/t14-/m0/s1. The first-order valence-corrected chi connectivity index (χ1v) is 9.97. The number of para-hydroxylation sites is 1. The summed E-state index contributed by atoms with van der Waals surface area (Å²) in [6.07, 6.45) is -0.152. The number of ether oxygens (including phenoxy) is 1. The minimum absolute atomic E-state index is 0.190. The van der Waals surface area contributed by atoms with E-state index in [0.29, 0.717) is 11.3 Å². The number of halogens is 1. The van der Waals surface area contributed by atoms with Crippen molar-refractivity contribution in [3.8, 4) is 0 Å². The molecule has 2 rings (SSSR count). The smallest absolute Gasteiger partial charge is 0.327 e. The quantitative estimate of drug-likeness (QED) is 0.534. The van der Waals surface area contributed by atoms with Gasteiger partial charge in [-0.25, -0.2) is 12.8 Å². The molecule has 0 aliphatic rings. The number of Topliss-reactive ketones (excluding diaryl/α,β-unsaturated/α-hetero) is 1. The van der Waals surface area contributed by atoms with Gasteiger partial charge in [-0.05, 0) is 49.7 Å². The molecule has 0 aliphatic heterocycles. The van der Waals surface area contributed by atoms with Crippen molar-refractivity contribution in [3.05, 3.63) is 65.5 Å². The van der Waals surface area contributed by atoms with Gasteiger partial charge in [-0.1, -0.05) is 18.2 Å². The van der Waals surface area contributed by atoms with Crippen LogP contribution in [-0.4, -0.2) is 39.1 Å². The SMILES string of the molecule is Cc1ccccc1N(CC(=O)O[C@@H](C)C(=O)c1ccc(F)cc1)S(C)(=O)=O. The highest BCUT2D eigenvalue weighted by Gasteiger charge is 2.26. The number of carbonyl (C=O) groups excluding carboxylic acids is 2. The fourth-order valence-corrected chi connectivity index (χ4v) is 3.38. The lowest BCUT2D eigenvalue weighted by molar-refractivity contribution is -0.144. The first kappa shape index (κ1) is 20.6. The molecule has 0 aliphatic carbocycles. The molecule has 2 aromatic rings. The summed E-state index contributed by atoms with van der Waals surface area (Å²) in [6.45, 7) is 2.53. The minimum Gasteiger partial charge on any atom is -0.453 e. The number of sulfonamides is 1. The summed E-state index contributed by atoms with van der Waals surface area (Å²) in [7, 11) is -3.74. The summed E-state index contributed by atoms with van der Waals surface area (Å²) in [5.74, 6) is -1.87. The Morgan fingerprint density at radius 2 is 1.70 bits per heavy atom.